The van der Waals surface area contributed by atoms with Gasteiger partial charge in [0.25, 0.3) is 0 Å². The number of nitrogens with zero attached hydrogens (tertiary/aromatic N) is 5. The standard InChI is InChI=1S/C20H27N5O/c1-13(2)17-6-19(22-12-21-17)25-9-14-7-24(8-15(14)10-25)11-20-23-16-4-3-5-18(16)26-20/h6,12-15H,3-5,7-11H2,1-2H3. The quantitative estimate of drug-likeness (QED) is 0.842. The molecule has 1 aliphatic carbocycles. The van der Waals surface area contributed by atoms with Crippen molar-refractivity contribution < 1.29 is 4.42 Å². The molecule has 4 heterocycles. The summed E-state index contributed by atoms with van der Waals surface area (Å²) in [6, 6.07) is 2.16. The van der Waals surface area contributed by atoms with Crippen molar-refractivity contribution in [3.63, 3.8) is 0 Å². The van der Waals surface area contributed by atoms with Gasteiger partial charge in [0.15, 0.2) is 0 Å². The van der Waals surface area contributed by atoms with E-state index in [1.807, 2.05) is 0 Å². The minimum atomic E-state index is 0.441. The Kier molecular flexibility index (Phi) is 3.96. The molecule has 2 saturated heterocycles. The maximum absolute atomic E-state index is 5.96. The number of fused-ring (bicyclic) bond motifs is 2. The SMILES string of the molecule is CC(C)c1cc(N2CC3CN(Cc4nc5c(o4)CCC5)CC3C2)ncn1. The lowest BCUT2D eigenvalue weighted by Gasteiger charge is -2.22. The van der Waals surface area contributed by atoms with Crippen LogP contribution in [0.1, 0.15) is 49.2 Å². The first-order chi connectivity index (χ1) is 12.7. The molecule has 0 saturated carbocycles. The Hall–Kier alpha value is -1.95. The molecular weight excluding hydrogens is 326 g/mol. The number of rotatable bonds is 4. The summed E-state index contributed by atoms with van der Waals surface area (Å²) in [5.41, 5.74) is 2.33. The topological polar surface area (TPSA) is 58.3 Å². The van der Waals surface area contributed by atoms with E-state index in [4.69, 9.17) is 9.40 Å². The Labute approximate surface area is 154 Å². The maximum atomic E-state index is 5.96. The molecule has 2 unspecified atom stereocenters. The van der Waals surface area contributed by atoms with Crippen LogP contribution in [0.5, 0.6) is 0 Å². The number of likely N-dealkylation sites (tertiary alicyclic amines) is 1. The molecule has 0 spiro atoms. The molecule has 6 nitrogen and oxygen atoms in total. The van der Waals surface area contributed by atoms with Crippen LogP contribution in [0.15, 0.2) is 16.8 Å². The fourth-order valence-corrected chi connectivity index (χ4v) is 4.76. The lowest BCUT2D eigenvalue weighted by molar-refractivity contribution is 0.270. The first kappa shape index (κ1) is 16.2. The molecule has 138 valence electrons. The predicted octanol–water partition coefficient (Wildman–Crippen LogP) is 2.64. The number of hydrogen-bond donors (Lipinski definition) is 0. The van der Waals surface area contributed by atoms with Gasteiger partial charge in [-0.2, -0.15) is 0 Å². The molecule has 3 aliphatic rings. The van der Waals surface area contributed by atoms with Gasteiger partial charge in [-0.25, -0.2) is 15.0 Å². The van der Waals surface area contributed by atoms with Gasteiger partial charge in [0.2, 0.25) is 5.89 Å². The van der Waals surface area contributed by atoms with Crippen LogP contribution < -0.4 is 4.90 Å². The first-order valence-electron chi connectivity index (χ1n) is 9.92. The van der Waals surface area contributed by atoms with E-state index in [0.717, 1.165) is 68.7 Å². The second-order valence-electron chi connectivity index (χ2n) is 8.41. The molecule has 2 aliphatic heterocycles. The van der Waals surface area contributed by atoms with Crippen LogP contribution in [0.4, 0.5) is 5.82 Å². The molecule has 5 rings (SSSR count). The van der Waals surface area contributed by atoms with Gasteiger partial charge in [0.1, 0.15) is 17.9 Å². The fourth-order valence-electron chi connectivity index (χ4n) is 4.76. The third-order valence-corrected chi connectivity index (χ3v) is 6.15. The second-order valence-corrected chi connectivity index (χ2v) is 8.41. The molecular formula is C20H27N5O. The van der Waals surface area contributed by atoms with E-state index in [9.17, 15) is 0 Å². The van der Waals surface area contributed by atoms with Crippen molar-refractivity contribution in [3.05, 3.63) is 35.4 Å². The lowest BCUT2D eigenvalue weighted by atomic mass is 10.0. The summed E-state index contributed by atoms with van der Waals surface area (Å²) in [7, 11) is 0. The highest BCUT2D eigenvalue weighted by Gasteiger charge is 2.40. The minimum Gasteiger partial charge on any atom is -0.444 e. The van der Waals surface area contributed by atoms with E-state index in [1.54, 1.807) is 6.33 Å². The zero-order valence-corrected chi connectivity index (χ0v) is 15.7. The molecule has 0 aromatic carbocycles. The molecule has 2 fully saturated rings. The van der Waals surface area contributed by atoms with E-state index < -0.39 is 0 Å². The third-order valence-electron chi connectivity index (χ3n) is 6.15. The summed E-state index contributed by atoms with van der Waals surface area (Å²) in [4.78, 5) is 18.6. The smallest absolute Gasteiger partial charge is 0.208 e. The molecule has 0 bridgehead atoms. The molecule has 2 aromatic rings. The summed E-state index contributed by atoms with van der Waals surface area (Å²) >= 11 is 0. The van der Waals surface area contributed by atoms with Gasteiger partial charge in [-0.3, -0.25) is 4.90 Å². The molecule has 0 amide bonds. The van der Waals surface area contributed by atoms with Crippen molar-refractivity contribution in [2.24, 2.45) is 11.8 Å². The lowest BCUT2D eigenvalue weighted by Crippen LogP contribution is -2.29. The van der Waals surface area contributed by atoms with Crippen molar-refractivity contribution in [1.29, 1.82) is 0 Å². The molecule has 0 radical (unpaired) electrons. The van der Waals surface area contributed by atoms with E-state index in [0.29, 0.717) is 17.8 Å². The van der Waals surface area contributed by atoms with Crippen LogP contribution >= 0.6 is 0 Å². The number of anilines is 1. The summed E-state index contributed by atoms with van der Waals surface area (Å²) in [6.07, 6.45) is 5.08. The van der Waals surface area contributed by atoms with Crippen LogP contribution in [0, 0.1) is 11.8 Å². The van der Waals surface area contributed by atoms with Gasteiger partial charge in [0, 0.05) is 44.4 Å². The van der Waals surface area contributed by atoms with Crippen LogP contribution in [-0.4, -0.2) is 46.0 Å². The molecule has 6 heteroatoms. The molecule has 2 atom stereocenters. The summed E-state index contributed by atoms with van der Waals surface area (Å²) < 4.78 is 5.96. The third kappa shape index (κ3) is 2.90. The average Bonchev–Trinajstić information content (AvgIpc) is 3.34. The Balaban J connectivity index is 1.21. The van der Waals surface area contributed by atoms with E-state index in [1.165, 1.54) is 12.1 Å². The maximum Gasteiger partial charge on any atom is 0.208 e. The Bertz CT molecular complexity index is 766. The number of hydrogen-bond acceptors (Lipinski definition) is 6. The summed E-state index contributed by atoms with van der Waals surface area (Å²) in [5, 5.41) is 0. The van der Waals surface area contributed by atoms with Crippen molar-refractivity contribution >= 4 is 5.82 Å². The van der Waals surface area contributed by atoms with Gasteiger partial charge >= 0.3 is 0 Å². The minimum absolute atomic E-state index is 0.441. The average molecular weight is 353 g/mol. The van der Waals surface area contributed by atoms with Crippen molar-refractivity contribution in [1.82, 2.24) is 19.9 Å². The predicted molar refractivity (Wildman–Crippen MR) is 99.1 cm³/mol. The van der Waals surface area contributed by atoms with Gasteiger partial charge in [-0.1, -0.05) is 13.8 Å². The number of oxazole rings is 1. The highest BCUT2D eigenvalue weighted by molar-refractivity contribution is 5.41. The molecule has 2 aromatic heterocycles. The Morgan fingerprint density at radius 2 is 1.92 bits per heavy atom. The molecule has 0 N–H and O–H groups in total. The second kappa shape index (κ2) is 6.34. The molecule has 26 heavy (non-hydrogen) atoms. The summed E-state index contributed by atoms with van der Waals surface area (Å²) in [5.74, 6) is 5.02. The summed E-state index contributed by atoms with van der Waals surface area (Å²) in [6.45, 7) is 9.69. The highest BCUT2D eigenvalue weighted by Crippen LogP contribution is 2.34. The van der Waals surface area contributed by atoms with Crippen LogP contribution in [0.2, 0.25) is 0 Å². The number of aromatic nitrogens is 3. The van der Waals surface area contributed by atoms with Gasteiger partial charge in [-0.05, 0) is 30.6 Å². The van der Waals surface area contributed by atoms with Gasteiger partial charge in [-0.15, -0.1) is 0 Å². The van der Waals surface area contributed by atoms with Crippen molar-refractivity contribution in [3.8, 4) is 0 Å². The normalized spacial score (nSPS) is 25.3. The first-order valence-corrected chi connectivity index (χ1v) is 9.92. The van der Waals surface area contributed by atoms with Crippen LogP contribution in [0.3, 0.4) is 0 Å². The van der Waals surface area contributed by atoms with E-state index in [2.05, 4.69) is 39.7 Å². The zero-order chi connectivity index (χ0) is 17.7. The Morgan fingerprint density at radius 3 is 2.65 bits per heavy atom. The van der Waals surface area contributed by atoms with Gasteiger partial charge < -0.3 is 9.32 Å². The highest BCUT2D eigenvalue weighted by atomic mass is 16.4. The van der Waals surface area contributed by atoms with Crippen molar-refractivity contribution in [2.75, 3.05) is 31.1 Å². The van der Waals surface area contributed by atoms with Gasteiger partial charge in [0.05, 0.1) is 12.2 Å². The number of aryl methyl sites for hydroxylation is 2. The monoisotopic (exact) mass is 353 g/mol. The van der Waals surface area contributed by atoms with Crippen LogP contribution in [0.25, 0.3) is 0 Å². The fraction of sp³-hybridized carbons (Fsp3) is 0.650. The van der Waals surface area contributed by atoms with Crippen LogP contribution in [-0.2, 0) is 19.4 Å². The van der Waals surface area contributed by atoms with Crippen molar-refractivity contribution in [2.45, 2.75) is 45.6 Å². The Morgan fingerprint density at radius 1 is 1.12 bits per heavy atom. The zero-order valence-electron chi connectivity index (χ0n) is 15.7. The van der Waals surface area contributed by atoms with E-state index in [-0.39, 0.29) is 0 Å². The largest absolute Gasteiger partial charge is 0.444 e. The van der Waals surface area contributed by atoms with E-state index >= 15 is 0 Å².